The number of hydrogen-bond acceptors (Lipinski definition) is 4. The molecule has 17 heavy (non-hydrogen) atoms. The Hall–Kier alpha value is -0.650. The molecule has 0 heterocycles. The van der Waals surface area contributed by atoms with Gasteiger partial charge in [-0.25, -0.2) is 0 Å². The molecule has 0 saturated heterocycles. The molecule has 3 N–H and O–H groups in total. The molecule has 0 aromatic heterocycles. The van der Waals surface area contributed by atoms with Gasteiger partial charge < -0.3 is 20.5 Å². The largest absolute Gasteiger partial charge is 0.396 e. The average molecular weight is 246 g/mol. The van der Waals surface area contributed by atoms with Crippen molar-refractivity contribution in [1.82, 2.24) is 10.6 Å². The first-order valence-electron chi connectivity index (χ1n) is 6.01. The van der Waals surface area contributed by atoms with Crippen molar-refractivity contribution >= 4 is 5.91 Å². The fraction of sp³-hybridized carbons (Fsp3) is 0.917. The summed E-state index contributed by atoms with van der Waals surface area (Å²) in [4.78, 5) is 11.5. The second-order valence-electron chi connectivity index (χ2n) is 5.15. The predicted octanol–water partition coefficient (Wildman–Crippen LogP) is 0.136. The topological polar surface area (TPSA) is 70.6 Å². The number of methoxy groups -OCH3 is 1. The van der Waals surface area contributed by atoms with E-state index in [0.29, 0.717) is 19.6 Å². The number of aliphatic hydroxyl groups excluding tert-OH is 1. The third kappa shape index (κ3) is 8.12. The van der Waals surface area contributed by atoms with Gasteiger partial charge >= 0.3 is 0 Å². The van der Waals surface area contributed by atoms with E-state index in [-0.39, 0.29) is 30.5 Å². The quantitative estimate of drug-likeness (QED) is 0.533. The first-order chi connectivity index (χ1) is 7.91. The van der Waals surface area contributed by atoms with Gasteiger partial charge in [-0.1, -0.05) is 20.8 Å². The zero-order valence-corrected chi connectivity index (χ0v) is 11.4. The molecule has 0 radical (unpaired) electrons. The maximum Gasteiger partial charge on any atom is 0.234 e. The highest BCUT2D eigenvalue weighted by Gasteiger charge is 2.23. The summed E-state index contributed by atoms with van der Waals surface area (Å²) in [6.45, 7) is 7.70. The van der Waals surface area contributed by atoms with Crippen LogP contribution in [0.3, 0.4) is 0 Å². The van der Waals surface area contributed by atoms with E-state index in [1.807, 2.05) is 0 Å². The molecule has 0 bridgehead atoms. The van der Waals surface area contributed by atoms with Crippen molar-refractivity contribution in [2.24, 2.45) is 5.41 Å². The molecule has 0 spiro atoms. The summed E-state index contributed by atoms with van der Waals surface area (Å²) in [5, 5.41) is 14.9. The molecule has 0 saturated carbocycles. The maximum atomic E-state index is 11.5. The molecule has 0 aliphatic carbocycles. The van der Waals surface area contributed by atoms with Crippen LogP contribution in [0.2, 0.25) is 0 Å². The monoisotopic (exact) mass is 246 g/mol. The molecule has 1 amide bonds. The van der Waals surface area contributed by atoms with Gasteiger partial charge in [0.15, 0.2) is 0 Å². The summed E-state index contributed by atoms with van der Waals surface area (Å²) < 4.78 is 4.84. The lowest BCUT2D eigenvalue weighted by atomic mass is 9.85. The van der Waals surface area contributed by atoms with Crippen LogP contribution >= 0.6 is 0 Å². The summed E-state index contributed by atoms with van der Waals surface area (Å²) in [7, 11) is 1.60. The van der Waals surface area contributed by atoms with Crippen molar-refractivity contribution in [3.8, 4) is 0 Å². The number of aliphatic hydroxyl groups is 1. The summed E-state index contributed by atoms with van der Waals surface area (Å²) in [5.74, 6) is -0.0470. The summed E-state index contributed by atoms with van der Waals surface area (Å²) >= 11 is 0. The van der Waals surface area contributed by atoms with Crippen molar-refractivity contribution in [2.75, 3.05) is 33.4 Å². The van der Waals surface area contributed by atoms with Crippen LogP contribution in [0.15, 0.2) is 0 Å². The van der Waals surface area contributed by atoms with Crippen molar-refractivity contribution in [2.45, 2.75) is 33.2 Å². The average Bonchev–Trinajstić information content (AvgIpc) is 2.23. The molecule has 0 fully saturated rings. The zero-order valence-electron chi connectivity index (χ0n) is 11.4. The number of rotatable bonds is 8. The third-order valence-corrected chi connectivity index (χ3v) is 2.60. The highest BCUT2D eigenvalue weighted by Crippen LogP contribution is 2.21. The first-order valence-corrected chi connectivity index (χ1v) is 6.01. The number of nitrogens with one attached hydrogen (secondary N) is 2. The molecule has 5 heteroatoms. The fourth-order valence-electron chi connectivity index (χ4n) is 1.54. The van der Waals surface area contributed by atoms with E-state index in [1.54, 1.807) is 7.11 Å². The van der Waals surface area contributed by atoms with E-state index >= 15 is 0 Å². The van der Waals surface area contributed by atoms with Crippen LogP contribution in [-0.2, 0) is 9.53 Å². The van der Waals surface area contributed by atoms with E-state index in [9.17, 15) is 4.79 Å². The number of hydrogen-bond donors (Lipinski definition) is 3. The van der Waals surface area contributed by atoms with E-state index in [2.05, 4.69) is 31.4 Å². The van der Waals surface area contributed by atoms with Crippen LogP contribution in [0.25, 0.3) is 0 Å². The molecule has 0 aliphatic rings. The van der Waals surface area contributed by atoms with Gasteiger partial charge in [-0.05, 0) is 11.8 Å². The molecule has 5 nitrogen and oxygen atoms in total. The Bertz CT molecular complexity index is 214. The molecule has 0 aliphatic heterocycles. The highest BCUT2D eigenvalue weighted by atomic mass is 16.5. The number of ether oxygens (including phenoxy) is 1. The molecular weight excluding hydrogens is 220 g/mol. The van der Waals surface area contributed by atoms with E-state index < -0.39 is 0 Å². The van der Waals surface area contributed by atoms with E-state index in [4.69, 9.17) is 9.84 Å². The molecule has 0 aromatic carbocycles. The van der Waals surface area contributed by atoms with Crippen LogP contribution in [-0.4, -0.2) is 50.5 Å². The second-order valence-corrected chi connectivity index (χ2v) is 5.15. The zero-order chi connectivity index (χ0) is 13.3. The number of carbonyl (C=O) groups is 1. The van der Waals surface area contributed by atoms with Crippen LogP contribution in [0.5, 0.6) is 0 Å². The molecule has 102 valence electrons. The normalized spacial score (nSPS) is 13.5. The summed E-state index contributed by atoms with van der Waals surface area (Å²) in [6.07, 6.45) is 0.648. The lowest BCUT2D eigenvalue weighted by Crippen LogP contribution is -2.46. The Morgan fingerprint density at radius 3 is 2.53 bits per heavy atom. The van der Waals surface area contributed by atoms with Gasteiger partial charge in [0.1, 0.15) is 0 Å². The van der Waals surface area contributed by atoms with Crippen molar-refractivity contribution in [3.63, 3.8) is 0 Å². The highest BCUT2D eigenvalue weighted by molar-refractivity contribution is 5.77. The van der Waals surface area contributed by atoms with Gasteiger partial charge in [0.2, 0.25) is 5.91 Å². The van der Waals surface area contributed by atoms with Gasteiger partial charge in [0, 0.05) is 26.3 Å². The SMILES string of the molecule is COCCNC(=O)CNC(CCO)C(C)(C)C. The van der Waals surface area contributed by atoms with Crippen LogP contribution in [0.1, 0.15) is 27.2 Å². The van der Waals surface area contributed by atoms with Crippen LogP contribution in [0.4, 0.5) is 0 Å². The van der Waals surface area contributed by atoms with Crippen molar-refractivity contribution in [3.05, 3.63) is 0 Å². The van der Waals surface area contributed by atoms with E-state index in [1.165, 1.54) is 0 Å². The van der Waals surface area contributed by atoms with Crippen molar-refractivity contribution < 1.29 is 14.6 Å². The van der Waals surface area contributed by atoms with Gasteiger partial charge in [-0.2, -0.15) is 0 Å². The first kappa shape index (κ1) is 16.4. The Morgan fingerprint density at radius 2 is 2.06 bits per heavy atom. The number of amides is 1. The lowest BCUT2D eigenvalue weighted by molar-refractivity contribution is -0.120. The molecule has 0 aromatic rings. The standard InChI is InChI=1S/C12H26N2O3/c1-12(2,3)10(5-7-15)14-9-11(16)13-6-8-17-4/h10,14-15H,5-9H2,1-4H3,(H,13,16). The Labute approximate surface area is 104 Å². The van der Waals surface area contributed by atoms with Crippen LogP contribution < -0.4 is 10.6 Å². The number of carbonyl (C=O) groups excluding carboxylic acids is 1. The summed E-state index contributed by atoms with van der Waals surface area (Å²) in [5.41, 5.74) is 0.0234. The Balaban J connectivity index is 3.92. The van der Waals surface area contributed by atoms with Gasteiger partial charge in [-0.15, -0.1) is 0 Å². The Kier molecular flexibility index (Phi) is 8.12. The minimum atomic E-state index is -0.0470. The lowest BCUT2D eigenvalue weighted by Gasteiger charge is -2.31. The molecule has 1 atom stereocenters. The second kappa shape index (κ2) is 8.44. The Morgan fingerprint density at radius 1 is 1.41 bits per heavy atom. The van der Waals surface area contributed by atoms with Gasteiger partial charge in [0.05, 0.1) is 13.2 Å². The molecular formula is C12H26N2O3. The smallest absolute Gasteiger partial charge is 0.234 e. The van der Waals surface area contributed by atoms with Crippen molar-refractivity contribution in [1.29, 1.82) is 0 Å². The minimum Gasteiger partial charge on any atom is -0.396 e. The molecule has 1 unspecified atom stereocenters. The van der Waals surface area contributed by atoms with Gasteiger partial charge in [0.25, 0.3) is 0 Å². The minimum absolute atomic E-state index is 0.0234. The summed E-state index contributed by atoms with van der Waals surface area (Å²) in [6, 6.07) is 0.126. The van der Waals surface area contributed by atoms with E-state index in [0.717, 1.165) is 0 Å². The van der Waals surface area contributed by atoms with Crippen LogP contribution in [0, 0.1) is 5.41 Å². The third-order valence-electron chi connectivity index (χ3n) is 2.60. The molecule has 0 rings (SSSR count). The predicted molar refractivity (Wildman–Crippen MR) is 67.8 cm³/mol. The fourth-order valence-corrected chi connectivity index (χ4v) is 1.54. The maximum absolute atomic E-state index is 11.5. The van der Waals surface area contributed by atoms with Gasteiger partial charge in [-0.3, -0.25) is 4.79 Å².